The molecule has 1 aliphatic heterocycles. The summed E-state index contributed by atoms with van der Waals surface area (Å²) in [7, 11) is 0. The van der Waals surface area contributed by atoms with Gasteiger partial charge in [-0.25, -0.2) is 4.79 Å². The molecule has 16 heavy (non-hydrogen) atoms. The first-order valence-corrected chi connectivity index (χ1v) is 5.26. The molecule has 1 heterocycles. The summed E-state index contributed by atoms with van der Waals surface area (Å²) < 4.78 is 4.48. The van der Waals surface area contributed by atoms with E-state index < -0.39 is 6.09 Å². The minimum atomic E-state index is -0.833. The molecule has 5 N–H and O–H groups in total. The van der Waals surface area contributed by atoms with Crippen molar-refractivity contribution in [2.75, 3.05) is 26.2 Å². The van der Waals surface area contributed by atoms with E-state index in [0.717, 1.165) is 6.54 Å². The number of carbonyl (C=O) groups excluding carboxylic acids is 2. The third-order valence-corrected chi connectivity index (χ3v) is 2.30. The Balaban J connectivity index is 2.12. The fourth-order valence-electron chi connectivity index (χ4n) is 1.42. The fraction of sp³-hybridized carbons (Fsp3) is 0.778. The van der Waals surface area contributed by atoms with Gasteiger partial charge < -0.3 is 26.4 Å². The smallest absolute Gasteiger partial charge is 0.404 e. The lowest BCUT2D eigenvalue weighted by atomic mass is 10.1. The quantitative estimate of drug-likeness (QED) is 0.424. The maximum Gasteiger partial charge on any atom is 0.404 e. The first-order chi connectivity index (χ1) is 7.59. The molecule has 0 aromatic carbocycles. The van der Waals surface area contributed by atoms with Gasteiger partial charge in [0.15, 0.2) is 0 Å². The van der Waals surface area contributed by atoms with Gasteiger partial charge in [-0.1, -0.05) is 0 Å². The highest BCUT2D eigenvalue weighted by Crippen LogP contribution is 1.92. The molecule has 2 unspecified atom stereocenters. The summed E-state index contributed by atoms with van der Waals surface area (Å²) in [5.74, 6) is -0.104. The Hall–Kier alpha value is -1.34. The first kappa shape index (κ1) is 12.7. The zero-order chi connectivity index (χ0) is 12.0. The lowest BCUT2D eigenvalue weighted by Gasteiger charge is -2.28. The van der Waals surface area contributed by atoms with Crippen molar-refractivity contribution in [2.45, 2.75) is 19.0 Å². The van der Waals surface area contributed by atoms with Crippen molar-refractivity contribution in [1.82, 2.24) is 16.0 Å². The van der Waals surface area contributed by atoms with Crippen LogP contribution in [-0.2, 0) is 9.53 Å². The van der Waals surface area contributed by atoms with E-state index in [1.54, 1.807) is 0 Å². The summed E-state index contributed by atoms with van der Waals surface area (Å²) in [5.41, 5.74) is 4.77. The molecular formula is C9H18N4O3. The average Bonchev–Trinajstić information content (AvgIpc) is 2.25. The molecule has 1 saturated heterocycles. The number of ether oxygens (including phenoxy) is 1. The molecular weight excluding hydrogens is 212 g/mol. The molecule has 7 nitrogen and oxygen atoms in total. The number of carbonyl (C=O) groups is 2. The average molecular weight is 230 g/mol. The minimum Gasteiger partial charge on any atom is -0.448 e. The van der Waals surface area contributed by atoms with Crippen LogP contribution in [0.15, 0.2) is 0 Å². The summed E-state index contributed by atoms with van der Waals surface area (Å²) in [6.45, 7) is 3.77. The van der Waals surface area contributed by atoms with Crippen LogP contribution >= 0.6 is 0 Å². The highest BCUT2D eigenvalue weighted by molar-refractivity contribution is 5.82. The second kappa shape index (κ2) is 6.29. The normalized spacial score (nSPS) is 24.8. The number of amides is 2. The van der Waals surface area contributed by atoms with Crippen molar-refractivity contribution in [3.63, 3.8) is 0 Å². The Bertz CT molecular complexity index is 251. The van der Waals surface area contributed by atoms with Crippen molar-refractivity contribution >= 4 is 12.0 Å². The fourth-order valence-corrected chi connectivity index (χ4v) is 1.42. The molecule has 2 amide bonds. The van der Waals surface area contributed by atoms with E-state index in [2.05, 4.69) is 20.7 Å². The van der Waals surface area contributed by atoms with Crippen molar-refractivity contribution in [1.29, 1.82) is 0 Å². The highest BCUT2D eigenvalue weighted by atomic mass is 16.5. The monoisotopic (exact) mass is 230 g/mol. The Morgan fingerprint density at radius 2 is 2.19 bits per heavy atom. The van der Waals surface area contributed by atoms with Gasteiger partial charge in [0.1, 0.15) is 6.61 Å². The Morgan fingerprint density at radius 3 is 2.75 bits per heavy atom. The molecule has 0 aromatic rings. The first-order valence-electron chi connectivity index (χ1n) is 5.26. The van der Waals surface area contributed by atoms with Gasteiger partial charge in [-0.2, -0.15) is 0 Å². The second-order valence-corrected chi connectivity index (χ2v) is 3.73. The number of rotatable bonds is 4. The van der Waals surface area contributed by atoms with Crippen molar-refractivity contribution < 1.29 is 14.3 Å². The molecule has 1 aliphatic rings. The van der Waals surface area contributed by atoms with Gasteiger partial charge in [0.25, 0.3) is 0 Å². The van der Waals surface area contributed by atoms with Gasteiger partial charge in [0.2, 0.25) is 5.91 Å². The number of nitrogens with one attached hydrogen (secondary N) is 3. The van der Waals surface area contributed by atoms with Crippen LogP contribution in [0.25, 0.3) is 0 Å². The molecule has 0 bridgehead atoms. The predicted octanol–water partition coefficient (Wildman–Crippen LogP) is -1.85. The molecule has 7 heteroatoms. The van der Waals surface area contributed by atoms with Crippen molar-refractivity contribution in [2.24, 2.45) is 5.73 Å². The van der Waals surface area contributed by atoms with Crippen LogP contribution in [-0.4, -0.2) is 50.3 Å². The summed E-state index contributed by atoms with van der Waals surface area (Å²) in [6, 6.07) is 0.145. The predicted molar refractivity (Wildman–Crippen MR) is 57.8 cm³/mol. The van der Waals surface area contributed by atoms with Crippen LogP contribution in [0.3, 0.4) is 0 Å². The number of primary amides is 1. The lowest BCUT2D eigenvalue weighted by molar-refractivity contribution is -0.123. The van der Waals surface area contributed by atoms with Crippen LogP contribution in [0.2, 0.25) is 0 Å². The van der Waals surface area contributed by atoms with E-state index in [-0.39, 0.29) is 25.1 Å². The molecule has 2 atom stereocenters. The minimum absolute atomic E-state index is 0.0949. The van der Waals surface area contributed by atoms with Gasteiger partial charge in [0, 0.05) is 19.1 Å². The molecule has 1 fully saturated rings. The van der Waals surface area contributed by atoms with Crippen LogP contribution in [0.5, 0.6) is 0 Å². The van der Waals surface area contributed by atoms with Gasteiger partial charge in [0.05, 0.1) is 12.6 Å². The van der Waals surface area contributed by atoms with Crippen molar-refractivity contribution in [3.8, 4) is 0 Å². The molecule has 0 saturated carbocycles. The Morgan fingerprint density at radius 1 is 1.44 bits per heavy atom. The van der Waals surface area contributed by atoms with E-state index >= 15 is 0 Å². The Kier molecular flexibility index (Phi) is 5.00. The summed E-state index contributed by atoms with van der Waals surface area (Å²) in [5, 5.41) is 8.95. The molecule has 92 valence electrons. The van der Waals surface area contributed by atoms with Crippen LogP contribution in [0, 0.1) is 0 Å². The summed E-state index contributed by atoms with van der Waals surface area (Å²) in [6.07, 6.45) is -0.833. The lowest BCUT2D eigenvalue weighted by Crippen LogP contribution is -2.59. The maximum atomic E-state index is 11.6. The zero-order valence-corrected chi connectivity index (χ0v) is 9.29. The standard InChI is InChI=1S/C9H18N4O3/c1-6-4-13-7(5-12-6)8(14)11-2-3-16-9(10)15/h6-7,12-13H,2-5H2,1H3,(H2,10,15)(H,11,14). The van der Waals surface area contributed by atoms with Gasteiger partial charge >= 0.3 is 6.09 Å². The summed E-state index contributed by atoms with van der Waals surface area (Å²) in [4.78, 5) is 21.8. The summed E-state index contributed by atoms with van der Waals surface area (Å²) >= 11 is 0. The van der Waals surface area contributed by atoms with E-state index in [0.29, 0.717) is 12.6 Å². The molecule has 0 aliphatic carbocycles. The molecule has 0 aromatic heterocycles. The number of hydrogen-bond donors (Lipinski definition) is 4. The van der Waals surface area contributed by atoms with Crippen LogP contribution < -0.4 is 21.7 Å². The SMILES string of the molecule is CC1CNC(C(=O)NCCOC(N)=O)CN1. The van der Waals surface area contributed by atoms with E-state index in [4.69, 9.17) is 5.73 Å². The highest BCUT2D eigenvalue weighted by Gasteiger charge is 2.22. The number of piperazine rings is 1. The Labute approximate surface area is 94.1 Å². The van der Waals surface area contributed by atoms with Crippen LogP contribution in [0.4, 0.5) is 4.79 Å². The van der Waals surface area contributed by atoms with E-state index in [1.807, 2.05) is 6.92 Å². The van der Waals surface area contributed by atoms with Crippen molar-refractivity contribution in [3.05, 3.63) is 0 Å². The molecule has 0 radical (unpaired) electrons. The van der Waals surface area contributed by atoms with E-state index in [1.165, 1.54) is 0 Å². The number of hydrogen-bond acceptors (Lipinski definition) is 5. The molecule has 1 rings (SSSR count). The van der Waals surface area contributed by atoms with Gasteiger partial charge in [-0.3, -0.25) is 4.79 Å². The molecule has 0 spiro atoms. The third-order valence-electron chi connectivity index (χ3n) is 2.30. The van der Waals surface area contributed by atoms with Gasteiger partial charge in [-0.05, 0) is 6.92 Å². The number of nitrogens with two attached hydrogens (primary N) is 1. The maximum absolute atomic E-state index is 11.6. The third kappa shape index (κ3) is 4.45. The van der Waals surface area contributed by atoms with E-state index in [9.17, 15) is 9.59 Å². The largest absolute Gasteiger partial charge is 0.448 e. The van der Waals surface area contributed by atoms with Crippen LogP contribution in [0.1, 0.15) is 6.92 Å². The zero-order valence-electron chi connectivity index (χ0n) is 9.29. The topological polar surface area (TPSA) is 105 Å². The second-order valence-electron chi connectivity index (χ2n) is 3.73. The van der Waals surface area contributed by atoms with Gasteiger partial charge in [-0.15, -0.1) is 0 Å².